The quantitative estimate of drug-likeness (QED) is 0.726. The van der Waals surface area contributed by atoms with Crippen LogP contribution in [0.2, 0.25) is 0 Å². The summed E-state index contributed by atoms with van der Waals surface area (Å²) in [5.74, 6) is 0.209. The van der Waals surface area contributed by atoms with E-state index in [0.29, 0.717) is 18.7 Å². The molecule has 0 bridgehead atoms. The van der Waals surface area contributed by atoms with Gasteiger partial charge < -0.3 is 9.64 Å². The SMILES string of the molecule is Cc1csc(C(=O)N2CCC(N3CCC[C@@H]3COCc3ccccc3)CC2)c1. The average Bonchev–Trinajstić information content (AvgIpc) is 3.37. The number of nitrogens with zero attached hydrogens (tertiary/aromatic N) is 2. The van der Waals surface area contributed by atoms with E-state index in [4.69, 9.17) is 4.74 Å². The number of amides is 1. The molecule has 0 spiro atoms. The van der Waals surface area contributed by atoms with Gasteiger partial charge in [-0.2, -0.15) is 0 Å². The van der Waals surface area contributed by atoms with Crippen molar-refractivity contribution in [3.05, 3.63) is 57.8 Å². The second-order valence-electron chi connectivity index (χ2n) is 8.05. The maximum Gasteiger partial charge on any atom is 0.263 e. The Kier molecular flexibility index (Phi) is 6.45. The van der Waals surface area contributed by atoms with Gasteiger partial charge in [-0.15, -0.1) is 11.3 Å². The molecule has 4 rings (SSSR count). The first kappa shape index (κ1) is 19.6. The number of hydrogen-bond acceptors (Lipinski definition) is 4. The van der Waals surface area contributed by atoms with E-state index < -0.39 is 0 Å². The van der Waals surface area contributed by atoms with Crippen molar-refractivity contribution in [2.75, 3.05) is 26.2 Å². The summed E-state index contributed by atoms with van der Waals surface area (Å²) in [7, 11) is 0. The summed E-state index contributed by atoms with van der Waals surface area (Å²) in [5, 5.41) is 2.06. The van der Waals surface area contributed by atoms with Crippen LogP contribution >= 0.6 is 11.3 Å². The molecule has 0 saturated carbocycles. The minimum atomic E-state index is 0.209. The molecule has 3 heterocycles. The van der Waals surface area contributed by atoms with Gasteiger partial charge in [-0.25, -0.2) is 0 Å². The monoisotopic (exact) mass is 398 g/mol. The number of benzene rings is 1. The molecule has 28 heavy (non-hydrogen) atoms. The van der Waals surface area contributed by atoms with Crippen molar-refractivity contribution in [2.45, 2.75) is 51.3 Å². The van der Waals surface area contributed by atoms with Gasteiger partial charge in [0.15, 0.2) is 0 Å². The molecule has 1 aromatic heterocycles. The van der Waals surface area contributed by atoms with E-state index in [1.165, 1.54) is 30.5 Å². The van der Waals surface area contributed by atoms with E-state index in [1.54, 1.807) is 11.3 Å². The first-order chi connectivity index (χ1) is 13.7. The minimum absolute atomic E-state index is 0.209. The van der Waals surface area contributed by atoms with Crippen LogP contribution in [0, 0.1) is 6.92 Å². The van der Waals surface area contributed by atoms with Crippen LogP contribution < -0.4 is 0 Å². The van der Waals surface area contributed by atoms with Crippen molar-refractivity contribution in [1.82, 2.24) is 9.80 Å². The number of carbonyl (C=O) groups is 1. The second kappa shape index (κ2) is 9.21. The Morgan fingerprint density at radius 3 is 2.64 bits per heavy atom. The number of carbonyl (C=O) groups excluding carboxylic acids is 1. The molecule has 2 saturated heterocycles. The number of thiophene rings is 1. The maximum atomic E-state index is 12.7. The number of aryl methyl sites for hydroxylation is 1. The van der Waals surface area contributed by atoms with Gasteiger partial charge in [0.2, 0.25) is 0 Å². The normalized spacial score (nSPS) is 21.3. The molecule has 0 radical (unpaired) electrons. The third-order valence-electron chi connectivity index (χ3n) is 6.01. The van der Waals surface area contributed by atoms with Crippen molar-refractivity contribution in [3.8, 4) is 0 Å². The standard InChI is InChI=1S/C23H30N2O2S/c1-18-14-22(28-17-18)23(26)24-12-9-20(10-13-24)25-11-5-8-21(25)16-27-15-19-6-3-2-4-7-19/h2-4,6-7,14,17,20-21H,5,8-13,15-16H2,1H3/t21-/m1/s1. The van der Waals surface area contributed by atoms with E-state index in [1.807, 2.05) is 24.0 Å². The predicted molar refractivity (Wildman–Crippen MR) is 114 cm³/mol. The fraction of sp³-hybridized carbons (Fsp3) is 0.522. The van der Waals surface area contributed by atoms with Crippen LogP contribution in [-0.4, -0.2) is 54.0 Å². The Morgan fingerprint density at radius 1 is 1.14 bits per heavy atom. The van der Waals surface area contributed by atoms with Gasteiger partial charge in [-0.3, -0.25) is 9.69 Å². The topological polar surface area (TPSA) is 32.8 Å². The van der Waals surface area contributed by atoms with Crippen LogP contribution in [0.5, 0.6) is 0 Å². The van der Waals surface area contributed by atoms with E-state index >= 15 is 0 Å². The van der Waals surface area contributed by atoms with Gasteiger partial charge in [0.25, 0.3) is 5.91 Å². The van der Waals surface area contributed by atoms with Crippen molar-refractivity contribution in [1.29, 1.82) is 0 Å². The summed E-state index contributed by atoms with van der Waals surface area (Å²) in [6.07, 6.45) is 4.63. The minimum Gasteiger partial charge on any atom is -0.375 e. The molecule has 4 nitrogen and oxygen atoms in total. The zero-order chi connectivity index (χ0) is 19.3. The van der Waals surface area contributed by atoms with Crippen LogP contribution in [0.25, 0.3) is 0 Å². The fourth-order valence-electron chi connectivity index (χ4n) is 4.50. The van der Waals surface area contributed by atoms with Gasteiger partial charge >= 0.3 is 0 Å². The molecule has 0 N–H and O–H groups in total. The first-order valence-corrected chi connectivity index (χ1v) is 11.3. The molecule has 0 unspecified atom stereocenters. The lowest BCUT2D eigenvalue weighted by Gasteiger charge is -2.39. The summed E-state index contributed by atoms with van der Waals surface area (Å²) in [4.78, 5) is 18.3. The lowest BCUT2D eigenvalue weighted by atomic mass is 10.0. The molecule has 0 aliphatic carbocycles. The molecular formula is C23H30N2O2S. The van der Waals surface area contributed by atoms with Gasteiger partial charge in [0, 0.05) is 25.2 Å². The zero-order valence-corrected chi connectivity index (χ0v) is 17.5. The molecule has 1 atom stereocenters. The number of rotatable bonds is 6. The van der Waals surface area contributed by atoms with Crippen LogP contribution in [0.1, 0.15) is 46.5 Å². The van der Waals surface area contributed by atoms with Crippen LogP contribution in [0.15, 0.2) is 41.8 Å². The van der Waals surface area contributed by atoms with Crippen LogP contribution in [0.4, 0.5) is 0 Å². The summed E-state index contributed by atoms with van der Waals surface area (Å²) >= 11 is 1.57. The average molecular weight is 399 g/mol. The highest BCUT2D eigenvalue weighted by Crippen LogP contribution is 2.27. The van der Waals surface area contributed by atoms with Gasteiger partial charge in [-0.1, -0.05) is 30.3 Å². The fourth-order valence-corrected chi connectivity index (χ4v) is 5.37. The number of piperidine rings is 1. The van der Waals surface area contributed by atoms with Crippen molar-refractivity contribution in [2.24, 2.45) is 0 Å². The largest absolute Gasteiger partial charge is 0.375 e. The Balaban J connectivity index is 1.25. The molecule has 5 heteroatoms. The highest BCUT2D eigenvalue weighted by atomic mass is 32.1. The number of hydrogen-bond donors (Lipinski definition) is 0. The van der Waals surface area contributed by atoms with Gasteiger partial charge in [-0.05, 0) is 61.7 Å². The zero-order valence-electron chi connectivity index (χ0n) is 16.7. The molecule has 1 amide bonds. The van der Waals surface area contributed by atoms with Crippen LogP contribution in [-0.2, 0) is 11.3 Å². The lowest BCUT2D eigenvalue weighted by Crippen LogP contribution is -2.49. The Hall–Kier alpha value is -1.69. The summed E-state index contributed by atoms with van der Waals surface area (Å²) < 4.78 is 6.04. The number of likely N-dealkylation sites (tertiary alicyclic amines) is 2. The molecule has 1 aromatic carbocycles. The molecular weight excluding hydrogens is 368 g/mol. The predicted octanol–water partition coefficient (Wildman–Crippen LogP) is 4.34. The Morgan fingerprint density at radius 2 is 1.93 bits per heavy atom. The van der Waals surface area contributed by atoms with Gasteiger partial charge in [0.05, 0.1) is 18.1 Å². The third kappa shape index (κ3) is 4.65. The smallest absolute Gasteiger partial charge is 0.263 e. The van der Waals surface area contributed by atoms with Crippen molar-refractivity contribution < 1.29 is 9.53 Å². The molecule has 150 valence electrons. The van der Waals surface area contributed by atoms with E-state index in [0.717, 1.165) is 37.4 Å². The van der Waals surface area contributed by atoms with Crippen molar-refractivity contribution in [3.63, 3.8) is 0 Å². The summed E-state index contributed by atoms with van der Waals surface area (Å²) in [6, 6.07) is 13.5. The molecule has 2 aliphatic heterocycles. The first-order valence-electron chi connectivity index (χ1n) is 10.4. The second-order valence-corrected chi connectivity index (χ2v) is 8.96. The molecule has 2 aliphatic rings. The van der Waals surface area contributed by atoms with E-state index in [2.05, 4.69) is 34.5 Å². The van der Waals surface area contributed by atoms with E-state index in [-0.39, 0.29) is 5.91 Å². The highest BCUT2D eigenvalue weighted by Gasteiger charge is 2.34. The molecule has 2 aromatic rings. The third-order valence-corrected chi connectivity index (χ3v) is 7.04. The van der Waals surface area contributed by atoms with E-state index in [9.17, 15) is 4.79 Å². The van der Waals surface area contributed by atoms with Gasteiger partial charge in [0.1, 0.15) is 0 Å². The summed E-state index contributed by atoms with van der Waals surface area (Å²) in [6.45, 7) is 6.46. The number of ether oxygens (including phenoxy) is 1. The highest BCUT2D eigenvalue weighted by molar-refractivity contribution is 7.12. The Labute approximate surface area is 172 Å². The van der Waals surface area contributed by atoms with Crippen molar-refractivity contribution >= 4 is 17.2 Å². The Bertz CT molecular complexity index is 768. The summed E-state index contributed by atoms with van der Waals surface area (Å²) in [5.41, 5.74) is 2.42. The van der Waals surface area contributed by atoms with Crippen LogP contribution in [0.3, 0.4) is 0 Å². The maximum absolute atomic E-state index is 12.7. The lowest BCUT2D eigenvalue weighted by molar-refractivity contribution is 0.0315. The molecule has 2 fully saturated rings.